The molecule has 24 heavy (non-hydrogen) atoms. The van der Waals surface area contributed by atoms with Crippen molar-refractivity contribution in [3.8, 4) is 0 Å². The highest BCUT2D eigenvalue weighted by atomic mass is 35.5. The summed E-state index contributed by atoms with van der Waals surface area (Å²) in [5.74, 6) is 0.420. The lowest BCUT2D eigenvalue weighted by molar-refractivity contribution is -0.139. The zero-order valence-corrected chi connectivity index (χ0v) is 15.7. The Bertz CT molecular complexity index is 448. The van der Waals surface area contributed by atoms with Gasteiger partial charge in [-0.25, -0.2) is 0 Å². The first-order valence-corrected chi connectivity index (χ1v) is 9.42. The Morgan fingerprint density at radius 1 is 1.21 bits per heavy atom. The Kier molecular flexibility index (Phi) is 6.93. The smallest absolute Gasteiger partial charge is 0.225 e. The highest BCUT2D eigenvalue weighted by molar-refractivity contribution is 5.85. The van der Waals surface area contributed by atoms with Crippen LogP contribution in [0.1, 0.15) is 58.8 Å². The second kappa shape index (κ2) is 8.52. The molecule has 138 valence electrons. The maximum absolute atomic E-state index is 12.6. The van der Waals surface area contributed by atoms with Gasteiger partial charge in [-0.3, -0.25) is 9.59 Å². The van der Waals surface area contributed by atoms with Gasteiger partial charge in [-0.15, -0.1) is 12.4 Å². The minimum Gasteiger partial charge on any atom is -0.353 e. The minimum absolute atomic E-state index is 0. The lowest BCUT2D eigenvalue weighted by Crippen LogP contribution is -2.52. The number of fused-ring (bicyclic) bond motifs is 2. The third kappa shape index (κ3) is 4.42. The molecule has 3 heterocycles. The Labute approximate surface area is 151 Å². The first-order valence-electron chi connectivity index (χ1n) is 9.42. The quantitative estimate of drug-likeness (QED) is 0.809. The number of carbonyl (C=O) groups excluding carboxylic acids is 2. The molecule has 0 aliphatic carbocycles. The number of nitrogens with zero attached hydrogens (tertiary/aromatic N) is 1. The van der Waals surface area contributed by atoms with Crippen LogP contribution in [0.4, 0.5) is 0 Å². The van der Waals surface area contributed by atoms with Crippen LogP contribution < -0.4 is 10.6 Å². The summed E-state index contributed by atoms with van der Waals surface area (Å²) in [6, 6.07) is 1.50. The standard InChI is InChI=1S/C18H31N3O2.ClH/c1-3-12(2)18(23)21-8-4-5-13(11-21)17(22)20-16-9-14-6-7-15(10-16)19-14;/h12-16,19H,3-11H2,1-2H3,(H,20,22);1H. The Hall–Kier alpha value is -0.810. The van der Waals surface area contributed by atoms with Crippen LogP contribution in [-0.4, -0.2) is 47.9 Å². The molecule has 5 nitrogen and oxygen atoms in total. The van der Waals surface area contributed by atoms with Gasteiger partial charge in [0.15, 0.2) is 0 Å². The first kappa shape index (κ1) is 19.5. The monoisotopic (exact) mass is 357 g/mol. The van der Waals surface area contributed by atoms with E-state index in [4.69, 9.17) is 0 Å². The Morgan fingerprint density at radius 3 is 2.50 bits per heavy atom. The van der Waals surface area contributed by atoms with Crippen molar-refractivity contribution in [2.75, 3.05) is 13.1 Å². The molecule has 3 aliphatic rings. The molecule has 0 aromatic heterocycles. The van der Waals surface area contributed by atoms with E-state index in [0.29, 0.717) is 24.7 Å². The summed E-state index contributed by atoms with van der Waals surface area (Å²) in [5.41, 5.74) is 0. The number of halogens is 1. The van der Waals surface area contributed by atoms with Crippen LogP contribution in [-0.2, 0) is 9.59 Å². The van der Waals surface area contributed by atoms with Crippen molar-refractivity contribution in [1.29, 1.82) is 0 Å². The van der Waals surface area contributed by atoms with E-state index in [1.807, 2.05) is 18.7 Å². The average Bonchev–Trinajstić information content (AvgIpc) is 2.92. The molecule has 2 amide bonds. The fourth-order valence-electron chi connectivity index (χ4n) is 4.37. The van der Waals surface area contributed by atoms with E-state index in [0.717, 1.165) is 38.6 Å². The molecule has 0 radical (unpaired) electrons. The van der Waals surface area contributed by atoms with Gasteiger partial charge in [0.25, 0.3) is 0 Å². The number of rotatable bonds is 4. The number of hydrogen-bond acceptors (Lipinski definition) is 3. The normalized spacial score (nSPS) is 33.5. The van der Waals surface area contributed by atoms with E-state index in [1.165, 1.54) is 12.8 Å². The van der Waals surface area contributed by atoms with Crippen molar-refractivity contribution >= 4 is 24.2 Å². The zero-order chi connectivity index (χ0) is 16.4. The molecule has 2 N–H and O–H groups in total. The van der Waals surface area contributed by atoms with E-state index in [9.17, 15) is 9.59 Å². The van der Waals surface area contributed by atoms with Crippen LogP contribution in [0.5, 0.6) is 0 Å². The number of amides is 2. The summed E-state index contributed by atoms with van der Waals surface area (Å²) >= 11 is 0. The van der Waals surface area contributed by atoms with Gasteiger partial charge in [0.2, 0.25) is 11.8 Å². The Balaban J connectivity index is 0.00000208. The van der Waals surface area contributed by atoms with Crippen molar-refractivity contribution in [2.45, 2.75) is 76.9 Å². The van der Waals surface area contributed by atoms with Crippen LogP contribution in [0.25, 0.3) is 0 Å². The van der Waals surface area contributed by atoms with E-state index < -0.39 is 0 Å². The fraction of sp³-hybridized carbons (Fsp3) is 0.889. The number of nitrogens with one attached hydrogen (secondary N) is 2. The maximum atomic E-state index is 12.6. The van der Waals surface area contributed by atoms with Gasteiger partial charge in [0.1, 0.15) is 0 Å². The highest BCUT2D eigenvalue weighted by Crippen LogP contribution is 2.27. The molecule has 4 atom stereocenters. The van der Waals surface area contributed by atoms with Crippen molar-refractivity contribution in [3.05, 3.63) is 0 Å². The molecule has 0 aromatic carbocycles. The fourth-order valence-corrected chi connectivity index (χ4v) is 4.37. The average molecular weight is 358 g/mol. The lowest BCUT2D eigenvalue weighted by atomic mass is 9.93. The van der Waals surface area contributed by atoms with Gasteiger partial charge in [-0.2, -0.15) is 0 Å². The summed E-state index contributed by atoms with van der Waals surface area (Å²) in [4.78, 5) is 26.9. The van der Waals surface area contributed by atoms with Crippen molar-refractivity contribution < 1.29 is 9.59 Å². The van der Waals surface area contributed by atoms with E-state index in [2.05, 4.69) is 10.6 Å². The third-order valence-corrected chi connectivity index (χ3v) is 5.96. The summed E-state index contributed by atoms with van der Waals surface area (Å²) in [5, 5.41) is 6.88. The van der Waals surface area contributed by atoms with Crippen LogP contribution >= 0.6 is 12.4 Å². The SMILES string of the molecule is CCC(C)C(=O)N1CCCC(C(=O)NC2CC3CCC(C2)N3)C1.Cl. The number of likely N-dealkylation sites (tertiary alicyclic amines) is 1. The summed E-state index contributed by atoms with van der Waals surface area (Å²) in [7, 11) is 0. The molecule has 0 spiro atoms. The van der Waals surface area contributed by atoms with Gasteiger partial charge < -0.3 is 15.5 Å². The van der Waals surface area contributed by atoms with Gasteiger partial charge in [-0.1, -0.05) is 13.8 Å². The second-order valence-corrected chi connectivity index (χ2v) is 7.75. The predicted octanol–water partition coefficient (Wildman–Crippen LogP) is 2.09. The minimum atomic E-state index is -0.0238. The largest absolute Gasteiger partial charge is 0.353 e. The van der Waals surface area contributed by atoms with Crippen LogP contribution in [0, 0.1) is 11.8 Å². The van der Waals surface area contributed by atoms with Crippen molar-refractivity contribution in [1.82, 2.24) is 15.5 Å². The van der Waals surface area contributed by atoms with Gasteiger partial charge in [0.05, 0.1) is 5.92 Å². The molecule has 0 saturated carbocycles. The molecule has 2 bridgehead atoms. The van der Waals surface area contributed by atoms with Crippen LogP contribution in [0.15, 0.2) is 0 Å². The van der Waals surface area contributed by atoms with Crippen molar-refractivity contribution in [2.24, 2.45) is 11.8 Å². The third-order valence-electron chi connectivity index (χ3n) is 5.96. The molecule has 3 fully saturated rings. The summed E-state index contributed by atoms with van der Waals surface area (Å²) < 4.78 is 0. The molecule has 3 saturated heterocycles. The molecular formula is C18H32ClN3O2. The second-order valence-electron chi connectivity index (χ2n) is 7.75. The van der Waals surface area contributed by atoms with E-state index in [-0.39, 0.29) is 36.1 Å². The van der Waals surface area contributed by atoms with Crippen LogP contribution in [0.2, 0.25) is 0 Å². The Morgan fingerprint density at radius 2 is 1.88 bits per heavy atom. The molecule has 6 heteroatoms. The first-order chi connectivity index (χ1) is 11.1. The molecule has 0 aromatic rings. The molecular weight excluding hydrogens is 326 g/mol. The lowest BCUT2D eigenvalue weighted by Gasteiger charge is -2.35. The summed E-state index contributed by atoms with van der Waals surface area (Å²) in [6.07, 6.45) is 7.33. The summed E-state index contributed by atoms with van der Waals surface area (Å²) in [6.45, 7) is 5.44. The van der Waals surface area contributed by atoms with Crippen LogP contribution in [0.3, 0.4) is 0 Å². The number of carbonyl (C=O) groups is 2. The van der Waals surface area contributed by atoms with Gasteiger partial charge >= 0.3 is 0 Å². The molecule has 3 aliphatic heterocycles. The molecule has 3 rings (SSSR count). The van der Waals surface area contributed by atoms with E-state index >= 15 is 0 Å². The topological polar surface area (TPSA) is 61.4 Å². The number of piperidine rings is 2. The van der Waals surface area contributed by atoms with E-state index in [1.54, 1.807) is 0 Å². The van der Waals surface area contributed by atoms with Crippen molar-refractivity contribution in [3.63, 3.8) is 0 Å². The highest BCUT2D eigenvalue weighted by Gasteiger charge is 2.36. The van der Waals surface area contributed by atoms with Gasteiger partial charge in [0, 0.05) is 37.1 Å². The van der Waals surface area contributed by atoms with Gasteiger partial charge in [-0.05, 0) is 44.9 Å². The number of hydrogen-bond donors (Lipinski definition) is 2. The predicted molar refractivity (Wildman–Crippen MR) is 97.1 cm³/mol. The molecule has 4 unspecified atom stereocenters. The zero-order valence-electron chi connectivity index (χ0n) is 14.9. The maximum Gasteiger partial charge on any atom is 0.225 e.